The summed E-state index contributed by atoms with van der Waals surface area (Å²) in [5, 5.41) is 6.16. The van der Waals surface area contributed by atoms with E-state index in [0.717, 1.165) is 38.2 Å². The van der Waals surface area contributed by atoms with Crippen LogP contribution in [0, 0.1) is 5.92 Å². The SMILES string of the molecule is CN=C(NC)NCC1CCCCC1NS(C)(=O)=O. The van der Waals surface area contributed by atoms with Crippen LogP contribution in [-0.4, -0.2) is 47.3 Å². The van der Waals surface area contributed by atoms with Crippen molar-refractivity contribution >= 4 is 16.0 Å². The van der Waals surface area contributed by atoms with Gasteiger partial charge in [0.25, 0.3) is 0 Å². The average Bonchev–Trinajstić information content (AvgIpc) is 2.30. The van der Waals surface area contributed by atoms with Crippen LogP contribution in [0.1, 0.15) is 25.7 Å². The molecule has 1 saturated carbocycles. The summed E-state index contributed by atoms with van der Waals surface area (Å²) in [5.74, 6) is 1.05. The van der Waals surface area contributed by atoms with Crippen LogP contribution in [0.5, 0.6) is 0 Å². The van der Waals surface area contributed by atoms with Crippen LogP contribution in [0.15, 0.2) is 4.99 Å². The summed E-state index contributed by atoms with van der Waals surface area (Å²) in [5.41, 5.74) is 0. The molecule has 7 heteroatoms. The molecule has 0 aliphatic heterocycles. The van der Waals surface area contributed by atoms with Crippen LogP contribution in [-0.2, 0) is 10.0 Å². The van der Waals surface area contributed by atoms with E-state index in [-0.39, 0.29) is 6.04 Å². The van der Waals surface area contributed by atoms with Crippen LogP contribution in [0.4, 0.5) is 0 Å². The average molecular weight is 276 g/mol. The second-order valence-electron chi connectivity index (χ2n) is 4.74. The molecule has 0 aromatic heterocycles. The molecule has 0 aromatic carbocycles. The van der Waals surface area contributed by atoms with Crippen LogP contribution < -0.4 is 15.4 Å². The number of hydrogen-bond donors (Lipinski definition) is 3. The van der Waals surface area contributed by atoms with Gasteiger partial charge in [-0.2, -0.15) is 0 Å². The summed E-state index contributed by atoms with van der Waals surface area (Å²) in [7, 11) is 0.392. The molecule has 6 nitrogen and oxygen atoms in total. The number of aliphatic imine (C=N–C) groups is 1. The highest BCUT2D eigenvalue weighted by Crippen LogP contribution is 2.24. The highest BCUT2D eigenvalue weighted by Gasteiger charge is 2.27. The molecular formula is C11H24N4O2S. The summed E-state index contributed by atoms with van der Waals surface area (Å²) in [4.78, 5) is 4.05. The van der Waals surface area contributed by atoms with E-state index in [1.54, 1.807) is 7.05 Å². The van der Waals surface area contributed by atoms with E-state index in [2.05, 4.69) is 20.3 Å². The molecule has 0 heterocycles. The molecule has 1 aliphatic carbocycles. The minimum atomic E-state index is -3.13. The van der Waals surface area contributed by atoms with Crippen molar-refractivity contribution < 1.29 is 8.42 Å². The van der Waals surface area contributed by atoms with Gasteiger partial charge in [0.2, 0.25) is 10.0 Å². The fourth-order valence-corrected chi connectivity index (χ4v) is 3.25. The van der Waals surface area contributed by atoms with Gasteiger partial charge in [0.05, 0.1) is 6.26 Å². The summed E-state index contributed by atoms with van der Waals surface area (Å²) < 4.78 is 25.4. The summed E-state index contributed by atoms with van der Waals surface area (Å²) in [6, 6.07) is 0.0382. The van der Waals surface area contributed by atoms with Crippen molar-refractivity contribution in [3.05, 3.63) is 0 Å². The lowest BCUT2D eigenvalue weighted by molar-refractivity contribution is 0.289. The number of guanidine groups is 1. The Bertz CT molecular complexity index is 381. The molecule has 18 heavy (non-hydrogen) atoms. The molecule has 0 spiro atoms. The van der Waals surface area contributed by atoms with E-state index >= 15 is 0 Å². The van der Waals surface area contributed by atoms with E-state index in [1.807, 2.05) is 7.05 Å². The van der Waals surface area contributed by atoms with E-state index < -0.39 is 10.0 Å². The zero-order valence-corrected chi connectivity index (χ0v) is 12.2. The molecule has 0 bridgehead atoms. The van der Waals surface area contributed by atoms with Gasteiger partial charge < -0.3 is 10.6 Å². The molecule has 1 fully saturated rings. The van der Waals surface area contributed by atoms with E-state index in [0.29, 0.717) is 5.92 Å². The van der Waals surface area contributed by atoms with Crippen LogP contribution in [0.2, 0.25) is 0 Å². The molecule has 106 valence electrons. The van der Waals surface area contributed by atoms with Crippen LogP contribution in [0.25, 0.3) is 0 Å². The minimum Gasteiger partial charge on any atom is -0.359 e. The maximum absolute atomic E-state index is 11.3. The molecule has 0 radical (unpaired) electrons. The summed E-state index contributed by atoms with van der Waals surface area (Å²) in [6.45, 7) is 0.737. The number of sulfonamides is 1. The van der Waals surface area contributed by atoms with Crippen molar-refractivity contribution in [2.45, 2.75) is 31.7 Å². The Kier molecular flexibility index (Phi) is 5.87. The zero-order valence-electron chi connectivity index (χ0n) is 11.4. The minimum absolute atomic E-state index is 0.0382. The van der Waals surface area contributed by atoms with Gasteiger partial charge in [-0.15, -0.1) is 0 Å². The lowest BCUT2D eigenvalue weighted by Crippen LogP contribution is -2.47. The van der Waals surface area contributed by atoms with Gasteiger partial charge in [0.15, 0.2) is 5.96 Å². The molecule has 3 N–H and O–H groups in total. The number of nitrogens with one attached hydrogen (secondary N) is 3. The first-order valence-corrected chi connectivity index (χ1v) is 8.21. The van der Waals surface area contributed by atoms with Gasteiger partial charge in [-0.25, -0.2) is 13.1 Å². The van der Waals surface area contributed by atoms with Gasteiger partial charge in [-0.1, -0.05) is 12.8 Å². The Morgan fingerprint density at radius 2 is 2.00 bits per heavy atom. The van der Waals surface area contributed by atoms with Gasteiger partial charge in [0, 0.05) is 26.7 Å². The number of rotatable bonds is 4. The predicted octanol–water partition coefficient (Wildman–Crippen LogP) is -0.111. The standard InChI is InChI=1S/C11H24N4O2S/c1-12-11(13-2)14-8-9-6-4-5-7-10(9)15-18(3,16)17/h9-10,15H,4-8H2,1-3H3,(H2,12,13,14). The van der Waals surface area contributed by atoms with Crippen LogP contribution >= 0.6 is 0 Å². The fourth-order valence-electron chi connectivity index (χ4n) is 2.39. The second kappa shape index (κ2) is 6.94. The molecule has 0 aromatic rings. The van der Waals surface area contributed by atoms with Gasteiger partial charge in [0.1, 0.15) is 0 Å². The number of nitrogens with zero attached hydrogens (tertiary/aromatic N) is 1. The highest BCUT2D eigenvalue weighted by atomic mass is 32.2. The first-order valence-electron chi connectivity index (χ1n) is 6.32. The van der Waals surface area contributed by atoms with Gasteiger partial charge in [-0.05, 0) is 18.8 Å². The van der Waals surface area contributed by atoms with E-state index in [4.69, 9.17) is 0 Å². The third-order valence-electron chi connectivity index (χ3n) is 3.27. The molecule has 1 rings (SSSR count). The van der Waals surface area contributed by atoms with E-state index in [9.17, 15) is 8.42 Å². The Morgan fingerprint density at radius 3 is 2.56 bits per heavy atom. The van der Waals surface area contributed by atoms with Crippen molar-refractivity contribution in [3.63, 3.8) is 0 Å². The molecule has 2 atom stereocenters. The molecule has 0 saturated heterocycles. The third kappa shape index (κ3) is 5.22. The maximum atomic E-state index is 11.3. The topological polar surface area (TPSA) is 82.6 Å². The van der Waals surface area contributed by atoms with Gasteiger partial charge >= 0.3 is 0 Å². The van der Waals surface area contributed by atoms with Crippen molar-refractivity contribution in [2.75, 3.05) is 26.9 Å². The Hall–Kier alpha value is -0.820. The second-order valence-corrected chi connectivity index (χ2v) is 6.52. The number of hydrogen-bond acceptors (Lipinski definition) is 3. The van der Waals surface area contributed by atoms with Crippen LogP contribution in [0.3, 0.4) is 0 Å². The normalized spacial score (nSPS) is 25.8. The Balaban J connectivity index is 2.54. The first-order chi connectivity index (χ1) is 8.46. The van der Waals surface area contributed by atoms with Crippen molar-refractivity contribution in [1.82, 2.24) is 15.4 Å². The summed E-state index contributed by atoms with van der Waals surface area (Å²) >= 11 is 0. The fraction of sp³-hybridized carbons (Fsp3) is 0.909. The quantitative estimate of drug-likeness (QED) is 0.494. The lowest BCUT2D eigenvalue weighted by Gasteiger charge is -2.32. The Labute approximate surface area is 110 Å². The lowest BCUT2D eigenvalue weighted by atomic mass is 9.85. The third-order valence-corrected chi connectivity index (χ3v) is 4.00. The van der Waals surface area contributed by atoms with Crippen molar-refractivity contribution in [3.8, 4) is 0 Å². The highest BCUT2D eigenvalue weighted by molar-refractivity contribution is 7.88. The van der Waals surface area contributed by atoms with Crippen molar-refractivity contribution in [2.24, 2.45) is 10.9 Å². The van der Waals surface area contributed by atoms with Gasteiger partial charge in [-0.3, -0.25) is 4.99 Å². The molecule has 0 amide bonds. The molecular weight excluding hydrogens is 252 g/mol. The Morgan fingerprint density at radius 1 is 1.33 bits per heavy atom. The smallest absolute Gasteiger partial charge is 0.208 e. The molecule has 2 unspecified atom stereocenters. The first kappa shape index (κ1) is 15.2. The monoisotopic (exact) mass is 276 g/mol. The van der Waals surface area contributed by atoms with E-state index in [1.165, 1.54) is 6.26 Å². The zero-order chi connectivity index (χ0) is 13.6. The largest absolute Gasteiger partial charge is 0.359 e. The van der Waals surface area contributed by atoms with Crippen molar-refractivity contribution in [1.29, 1.82) is 0 Å². The maximum Gasteiger partial charge on any atom is 0.208 e. The molecule has 1 aliphatic rings. The predicted molar refractivity (Wildman–Crippen MR) is 74.1 cm³/mol. The summed E-state index contributed by atoms with van der Waals surface area (Å²) in [6.07, 6.45) is 5.42.